The topological polar surface area (TPSA) is 95.3 Å². The smallest absolute Gasteiger partial charge is 0.415 e. The summed E-state index contributed by atoms with van der Waals surface area (Å²) in [6.45, 7) is 5.73. The van der Waals surface area contributed by atoms with E-state index >= 15 is 0 Å². The van der Waals surface area contributed by atoms with Gasteiger partial charge in [0, 0.05) is 18.8 Å². The minimum absolute atomic E-state index is 0.280. The highest BCUT2D eigenvalue weighted by atomic mass is 16.6. The number of benzene rings is 1. The van der Waals surface area contributed by atoms with E-state index in [0.29, 0.717) is 29.4 Å². The Kier molecular flexibility index (Phi) is 6.91. The Bertz CT molecular complexity index is 1390. The number of aromatic nitrogens is 3. The number of fused-ring (bicyclic) bond motifs is 1. The van der Waals surface area contributed by atoms with Crippen molar-refractivity contribution in [2.45, 2.75) is 33.0 Å². The summed E-state index contributed by atoms with van der Waals surface area (Å²) in [6, 6.07) is 16.9. The molecule has 0 fully saturated rings. The van der Waals surface area contributed by atoms with Crippen molar-refractivity contribution in [2.75, 3.05) is 19.1 Å². The molecule has 0 atom stereocenters. The van der Waals surface area contributed by atoms with Crippen LogP contribution in [0.3, 0.4) is 0 Å². The third-order valence-corrected chi connectivity index (χ3v) is 5.32. The van der Waals surface area contributed by atoms with Gasteiger partial charge >= 0.3 is 12.1 Å². The molecule has 0 saturated carbocycles. The van der Waals surface area contributed by atoms with Crippen LogP contribution in [0.25, 0.3) is 16.8 Å². The zero-order chi connectivity index (χ0) is 25.9. The molecule has 3 aromatic heterocycles. The summed E-state index contributed by atoms with van der Waals surface area (Å²) >= 11 is 0. The number of carbonyl (C=O) groups excluding carboxylic acids is 2. The van der Waals surface area contributed by atoms with Gasteiger partial charge in [-0.1, -0.05) is 30.3 Å². The van der Waals surface area contributed by atoms with E-state index < -0.39 is 17.7 Å². The molecule has 0 N–H and O–H groups in total. The van der Waals surface area contributed by atoms with Crippen molar-refractivity contribution in [3.63, 3.8) is 0 Å². The van der Waals surface area contributed by atoms with Crippen molar-refractivity contribution in [1.82, 2.24) is 14.6 Å². The van der Waals surface area contributed by atoms with E-state index in [4.69, 9.17) is 14.2 Å². The van der Waals surface area contributed by atoms with Crippen molar-refractivity contribution in [1.29, 1.82) is 0 Å². The van der Waals surface area contributed by atoms with Gasteiger partial charge in [-0.25, -0.2) is 19.1 Å². The molecule has 9 heteroatoms. The first-order valence-corrected chi connectivity index (χ1v) is 11.4. The molecular formula is C27H28N4O5. The predicted octanol–water partition coefficient (Wildman–Crippen LogP) is 5.13. The Morgan fingerprint density at radius 1 is 1.06 bits per heavy atom. The van der Waals surface area contributed by atoms with Crippen LogP contribution in [-0.2, 0) is 16.1 Å². The molecular weight excluding hydrogens is 460 g/mol. The number of rotatable bonds is 6. The van der Waals surface area contributed by atoms with Crippen molar-refractivity contribution in [3.05, 3.63) is 78.1 Å². The number of hydrogen-bond acceptors (Lipinski definition) is 7. The van der Waals surface area contributed by atoms with Gasteiger partial charge in [0.05, 0.1) is 19.0 Å². The molecule has 9 nitrogen and oxygen atoms in total. The molecule has 0 bridgehead atoms. The van der Waals surface area contributed by atoms with Gasteiger partial charge < -0.3 is 14.2 Å². The van der Waals surface area contributed by atoms with Gasteiger partial charge in [0.15, 0.2) is 0 Å². The maximum absolute atomic E-state index is 12.5. The molecule has 4 rings (SSSR count). The SMILES string of the molecule is COC(=O)c1cnn2c(-c3ccnc(N(C)C(=O)OC(C)(C)C)c3)ccc(OCc3ccccc3)c12. The molecule has 0 spiro atoms. The van der Waals surface area contributed by atoms with Crippen LogP contribution in [0.2, 0.25) is 0 Å². The number of methoxy groups -OCH3 is 1. The van der Waals surface area contributed by atoms with Crippen LogP contribution in [0.15, 0.2) is 67.0 Å². The third-order valence-electron chi connectivity index (χ3n) is 5.32. The predicted molar refractivity (Wildman–Crippen MR) is 135 cm³/mol. The maximum Gasteiger partial charge on any atom is 0.415 e. The van der Waals surface area contributed by atoms with E-state index in [9.17, 15) is 9.59 Å². The van der Waals surface area contributed by atoms with Crippen molar-refractivity contribution >= 4 is 23.4 Å². The van der Waals surface area contributed by atoms with E-state index in [2.05, 4.69) is 10.1 Å². The summed E-state index contributed by atoms with van der Waals surface area (Å²) in [5.41, 5.74) is 2.52. The molecule has 3 heterocycles. The first kappa shape index (κ1) is 24.7. The van der Waals surface area contributed by atoms with Crippen molar-refractivity contribution in [3.8, 4) is 17.0 Å². The molecule has 0 aliphatic heterocycles. The first-order chi connectivity index (χ1) is 17.2. The molecule has 1 aromatic carbocycles. The summed E-state index contributed by atoms with van der Waals surface area (Å²) in [5, 5.41) is 4.45. The van der Waals surface area contributed by atoms with Crippen LogP contribution < -0.4 is 9.64 Å². The normalized spacial score (nSPS) is 11.2. The summed E-state index contributed by atoms with van der Waals surface area (Å²) in [7, 11) is 2.92. The molecule has 0 saturated heterocycles. The monoisotopic (exact) mass is 488 g/mol. The summed E-state index contributed by atoms with van der Waals surface area (Å²) in [4.78, 5) is 30.7. The van der Waals surface area contributed by atoms with Gasteiger partial charge in [-0.3, -0.25) is 4.90 Å². The van der Waals surface area contributed by atoms with Gasteiger partial charge in [-0.15, -0.1) is 0 Å². The highest BCUT2D eigenvalue weighted by Gasteiger charge is 2.23. The Morgan fingerprint density at radius 2 is 1.81 bits per heavy atom. The van der Waals surface area contributed by atoms with E-state index in [1.165, 1.54) is 18.2 Å². The van der Waals surface area contributed by atoms with Crippen LogP contribution in [0.4, 0.5) is 10.6 Å². The van der Waals surface area contributed by atoms with E-state index in [0.717, 1.165) is 11.1 Å². The average molecular weight is 489 g/mol. The van der Waals surface area contributed by atoms with E-state index in [1.807, 2.05) is 36.4 Å². The van der Waals surface area contributed by atoms with Gasteiger partial charge in [0.25, 0.3) is 0 Å². The molecule has 186 valence electrons. The van der Waals surface area contributed by atoms with Crippen LogP contribution >= 0.6 is 0 Å². The minimum Gasteiger partial charge on any atom is -0.487 e. The number of pyridine rings is 2. The Balaban J connectivity index is 1.74. The molecule has 0 radical (unpaired) electrons. The highest BCUT2D eigenvalue weighted by molar-refractivity contribution is 5.99. The third kappa shape index (κ3) is 5.30. The number of nitrogens with zero attached hydrogens (tertiary/aromatic N) is 4. The van der Waals surface area contributed by atoms with Gasteiger partial charge in [0.2, 0.25) is 0 Å². The zero-order valence-corrected chi connectivity index (χ0v) is 20.9. The second-order valence-corrected chi connectivity index (χ2v) is 9.11. The van der Waals surface area contributed by atoms with Crippen LogP contribution in [-0.4, -0.2) is 46.4 Å². The van der Waals surface area contributed by atoms with Crippen LogP contribution in [0.1, 0.15) is 36.7 Å². The highest BCUT2D eigenvalue weighted by Crippen LogP contribution is 2.31. The van der Waals surface area contributed by atoms with Crippen LogP contribution in [0, 0.1) is 0 Å². The van der Waals surface area contributed by atoms with Gasteiger partial charge in [-0.2, -0.15) is 5.10 Å². The fraction of sp³-hybridized carbons (Fsp3) is 0.259. The molecule has 0 aliphatic rings. The first-order valence-electron chi connectivity index (χ1n) is 11.4. The lowest BCUT2D eigenvalue weighted by Crippen LogP contribution is -2.34. The molecule has 1 amide bonds. The quantitative estimate of drug-likeness (QED) is 0.347. The summed E-state index contributed by atoms with van der Waals surface area (Å²) in [6.07, 6.45) is 2.53. The van der Waals surface area contributed by atoms with Gasteiger partial charge in [-0.05, 0) is 50.6 Å². The van der Waals surface area contributed by atoms with Gasteiger partial charge in [0.1, 0.15) is 34.9 Å². The summed E-state index contributed by atoms with van der Waals surface area (Å²) in [5.74, 6) is 0.368. The number of carbonyl (C=O) groups is 2. The second kappa shape index (κ2) is 10.1. The fourth-order valence-corrected chi connectivity index (χ4v) is 3.59. The molecule has 4 aromatic rings. The second-order valence-electron chi connectivity index (χ2n) is 9.11. The molecule has 0 aliphatic carbocycles. The fourth-order valence-electron chi connectivity index (χ4n) is 3.59. The maximum atomic E-state index is 12.5. The van der Waals surface area contributed by atoms with E-state index in [-0.39, 0.29) is 5.56 Å². The van der Waals surface area contributed by atoms with E-state index in [1.54, 1.807) is 56.7 Å². The van der Waals surface area contributed by atoms with Crippen LogP contribution in [0.5, 0.6) is 5.75 Å². The van der Waals surface area contributed by atoms with Crippen molar-refractivity contribution in [2.24, 2.45) is 0 Å². The zero-order valence-electron chi connectivity index (χ0n) is 20.9. The number of esters is 1. The Morgan fingerprint density at radius 3 is 2.50 bits per heavy atom. The lowest BCUT2D eigenvalue weighted by atomic mass is 10.1. The lowest BCUT2D eigenvalue weighted by molar-refractivity contribution is 0.0583. The summed E-state index contributed by atoms with van der Waals surface area (Å²) < 4.78 is 18.1. The number of hydrogen-bond donors (Lipinski definition) is 0. The van der Waals surface area contributed by atoms with Crippen molar-refractivity contribution < 1.29 is 23.8 Å². The minimum atomic E-state index is -0.635. The largest absolute Gasteiger partial charge is 0.487 e. The molecule has 36 heavy (non-hydrogen) atoms. The average Bonchev–Trinajstić information content (AvgIpc) is 3.31. The molecule has 0 unspecified atom stereocenters. The number of amides is 1. The Labute approximate surface area is 209 Å². The number of ether oxygens (including phenoxy) is 3. The number of anilines is 1. The standard InChI is InChI=1S/C27H28N4O5/c1-27(2,3)36-26(33)30(4)23-15-19(13-14-28-23)21-11-12-22(35-17-18-9-7-6-8-10-18)24-20(25(32)34-5)16-29-31(21)24/h6-16H,17H2,1-5H3. The lowest BCUT2D eigenvalue weighted by Gasteiger charge is -2.24. The Hall–Kier alpha value is -4.40.